The van der Waals surface area contributed by atoms with Crippen molar-refractivity contribution < 1.29 is 0 Å². The van der Waals surface area contributed by atoms with Crippen LogP contribution >= 0.6 is 0 Å². The molecule has 0 radical (unpaired) electrons. The maximum Gasteiger partial charge on any atom is 0.148 e. The number of nitrogens with zero attached hydrogens (tertiary/aromatic N) is 3. The largest absolute Gasteiger partial charge is 0.240 e. The number of hydrogen-bond acceptors (Lipinski definition) is 3. The van der Waals surface area contributed by atoms with Crippen LogP contribution in [-0.2, 0) is 5.41 Å². The summed E-state index contributed by atoms with van der Waals surface area (Å²) in [4.78, 5) is 8.97. The molecule has 0 atom stereocenters. The van der Waals surface area contributed by atoms with Crippen LogP contribution in [0.3, 0.4) is 0 Å². The van der Waals surface area contributed by atoms with Crippen LogP contribution in [0.15, 0.2) is 12.3 Å². The lowest BCUT2D eigenvalue weighted by Crippen LogP contribution is -2.13. The van der Waals surface area contributed by atoms with E-state index in [2.05, 4.69) is 16.0 Å². The molecule has 2 saturated carbocycles. The molecule has 2 aliphatic carbocycles. The van der Waals surface area contributed by atoms with Crippen molar-refractivity contribution in [2.75, 3.05) is 0 Å². The summed E-state index contributed by atoms with van der Waals surface area (Å²) in [5.74, 6) is 1.36. The Morgan fingerprint density at radius 2 is 2.00 bits per heavy atom. The van der Waals surface area contributed by atoms with Crippen molar-refractivity contribution in [3.8, 4) is 6.07 Å². The minimum Gasteiger partial charge on any atom is -0.240 e. The molecule has 1 aromatic heterocycles. The van der Waals surface area contributed by atoms with Crippen LogP contribution in [-0.4, -0.2) is 9.97 Å². The van der Waals surface area contributed by atoms with Crippen LogP contribution in [0.1, 0.15) is 62.4 Å². The zero-order chi connectivity index (χ0) is 11.7. The number of nitriles is 1. The number of rotatable bonds is 2. The molecule has 2 aliphatic rings. The Bertz CT molecular complexity index is 451. The first-order chi connectivity index (χ1) is 8.34. The highest BCUT2D eigenvalue weighted by Gasteiger charge is 2.48. The lowest BCUT2D eigenvalue weighted by molar-refractivity contribution is 0.434. The van der Waals surface area contributed by atoms with Crippen LogP contribution in [0.25, 0.3) is 0 Å². The SMILES string of the molecule is N#CC1(c2nccc(C3CCCCC3)n2)CC1. The van der Waals surface area contributed by atoms with Crippen LogP contribution in [0.5, 0.6) is 0 Å². The van der Waals surface area contributed by atoms with E-state index in [-0.39, 0.29) is 5.41 Å². The van der Waals surface area contributed by atoms with Gasteiger partial charge in [0.25, 0.3) is 0 Å². The Kier molecular flexibility index (Phi) is 2.58. The highest BCUT2D eigenvalue weighted by molar-refractivity contribution is 5.30. The van der Waals surface area contributed by atoms with Gasteiger partial charge in [-0.05, 0) is 31.7 Å². The molecule has 0 saturated heterocycles. The van der Waals surface area contributed by atoms with E-state index in [0.29, 0.717) is 5.92 Å². The van der Waals surface area contributed by atoms with Crippen LogP contribution in [0, 0.1) is 11.3 Å². The summed E-state index contributed by atoms with van der Waals surface area (Å²) in [5.41, 5.74) is 0.821. The maximum atomic E-state index is 9.18. The summed E-state index contributed by atoms with van der Waals surface area (Å²) in [6, 6.07) is 4.41. The fourth-order valence-electron chi connectivity index (χ4n) is 2.74. The van der Waals surface area contributed by atoms with Gasteiger partial charge in [0.15, 0.2) is 0 Å². The van der Waals surface area contributed by atoms with Gasteiger partial charge in [-0.25, -0.2) is 9.97 Å². The molecule has 3 heteroatoms. The summed E-state index contributed by atoms with van der Waals surface area (Å²) in [5, 5.41) is 9.18. The van der Waals surface area contributed by atoms with Gasteiger partial charge in [-0.1, -0.05) is 19.3 Å². The van der Waals surface area contributed by atoms with Gasteiger partial charge in [-0.2, -0.15) is 5.26 Å². The van der Waals surface area contributed by atoms with Crippen molar-refractivity contribution >= 4 is 0 Å². The summed E-state index contributed by atoms with van der Waals surface area (Å²) in [6.45, 7) is 0. The van der Waals surface area contributed by atoms with Crippen LogP contribution < -0.4 is 0 Å². The molecule has 0 bridgehead atoms. The molecule has 0 aliphatic heterocycles. The molecular formula is C14H17N3. The second kappa shape index (κ2) is 4.10. The van der Waals surface area contributed by atoms with E-state index in [1.807, 2.05) is 12.3 Å². The van der Waals surface area contributed by atoms with Gasteiger partial charge in [0.2, 0.25) is 0 Å². The summed E-state index contributed by atoms with van der Waals surface area (Å²) < 4.78 is 0. The monoisotopic (exact) mass is 227 g/mol. The first-order valence-electron chi connectivity index (χ1n) is 6.59. The predicted octanol–water partition coefficient (Wildman–Crippen LogP) is 3.08. The van der Waals surface area contributed by atoms with E-state index in [4.69, 9.17) is 0 Å². The molecule has 3 rings (SSSR count). The molecule has 2 fully saturated rings. The molecule has 0 unspecified atom stereocenters. The Hall–Kier alpha value is -1.43. The molecule has 3 nitrogen and oxygen atoms in total. The van der Waals surface area contributed by atoms with Gasteiger partial charge < -0.3 is 0 Å². The second-order valence-corrected chi connectivity index (χ2v) is 5.33. The third kappa shape index (κ3) is 1.93. The third-order valence-corrected chi connectivity index (χ3v) is 4.09. The van der Waals surface area contributed by atoms with E-state index in [1.54, 1.807) is 0 Å². The fourth-order valence-corrected chi connectivity index (χ4v) is 2.74. The lowest BCUT2D eigenvalue weighted by Gasteiger charge is -2.21. The zero-order valence-corrected chi connectivity index (χ0v) is 10.0. The van der Waals surface area contributed by atoms with E-state index in [1.165, 1.54) is 32.1 Å². The first kappa shape index (κ1) is 10.7. The molecule has 17 heavy (non-hydrogen) atoms. The average Bonchev–Trinajstić information content (AvgIpc) is 3.21. The molecule has 0 aromatic carbocycles. The molecule has 1 heterocycles. The zero-order valence-electron chi connectivity index (χ0n) is 10.0. The first-order valence-corrected chi connectivity index (χ1v) is 6.59. The molecule has 88 valence electrons. The van der Waals surface area contributed by atoms with E-state index in [9.17, 15) is 5.26 Å². The second-order valence-electron chi connectivity index (χ2n) is 5.33. The lowest BCUT2D eigenvalue weighted by atomic mass is 9.87. The van der Waals surface area contributed by atoms with Crippen LogP contribution in [0.2, 0.25) is 0 Å². The van der Waals surface area contributed by atoms with Gasteiger partial charge in [-0.15, -0.1) is 0 Å². The third-order valence-electron chi connectivity index (χ3n) is 4.09. The predicted molar refractivity (Wildman–Crippen MR) is 64.4 cm³/mol. The maximum absolute atomic E-state index is 9.18. The van der Waals surface area contributed by atoms with Crippen molar-refractivity contribution in [2.45, 2.75) is 56.3 Å². The topological polar surface area (TPSA) is 49.6 Å². The molecule has 0 amide bonds. The normalized spacial score (nSPS) is 23.0. The standard InChI is InChI=1S/C14H17N3/c15-10-14(7-8-14)13-16-9-6-12(17-13)11-4-2-1-3-5-11/h6,9,11H,1-5,7-8H2. The summed E-state index contributed by atoms with van der Waals surface area (Å²) in [7, 11) is 0. The Balaban J connectivity index is 1.86. The summed E-state index contributed by atoms with van der Waals surface area (Å²) >= 11 is 0. The smallest absolute Gasteiger partial charge is 0.148 e. The van der Waals surface area contributed by atoms with Crippen molar-refractivity contribution in [3.63, 3.8) is 0 Å². The number of aromatic nitrogens is 2. The van der Waals surface area contributed by atoms with Gasteiger partial charge in [-0.3, -0.25) is 0 Å². The minimum atomic E-state index is -0.343. The summed E-state index contributed by atoms with van der Waals surface area (Å²) in [6.07, 6.45) is 10.2. The van der Waals surface area contributed by atoms with Crippen molar-refractivity contribution in [2.24, 2.45) is 0 Å². The molecule has 0 N–H and O–H groups in total. The van der Waals surface area contributed by atoms with E-state index in [0.717, 1.165) is 24.4 Å². The Morgan fingerprint density at radius 1 is 1.24 bits per heavy atom. The molecular weight excluding hydrogens is 210 g/mol. The Morgan fingerprint density at radius 3 is 2.65 bits per heavy atom. The highest BCUT2D eigenvalue weighted by Crippen LogP contribution is 2.46. The fraction of sp³-hybridized carbons (Fsp3) is 0.643. The quantitative estimate of drug-likeness (QED) is 0.780. The minimum absolute atomic E-state index is 0.343. The van der Waals surface area contributed by atoms with E-state index < -0.39 is 0 Å². The van der Waals surface area contributed by atoms with Crippen LogP contribution in [0.4, 0.5) is 0 Å². The van der Waals surface area contributed by atoms with Gasteiger partial charge in [0.05, 0.1) is 6.07 Å². The van der Waals surface area contributed by atoms with Crippen molar-refractivity contribution in [1.82, 2.24) is 9.97 Å². The average molecular weight is 227 g/mol. The van der Waals surface area contributed by atoms with Gasteiger partial charge in [0, 0.05) is 17.8 Å². The molecule has 1 aromatic rings. The van der Waals surface area contributed by atoms with E-state index >= 15 is 0 Å². The Labute approximate surface area is 102 Å². The highest BCUT2D eigenvalue weighted by atomic mass is 14.9. The van der Waals surface area contributed by atoms with Gasteiger partial charge >= 0.3 is 0 Å². The van der Waals surface area contributed by atoms with Gasteiger partial charge in [0.1, 0.15) is 11.2 Å². The molecule has 0 spiro atoms. The van der Waals surface area contributed by atoms with Crippen molar-refractivity contribution in [1.29, 1.82) is 5.26 Å². The van der Waals surface area contributed by atoms with Crippen molar-refractivity contribution in [3.05, 3.63) is 23.8 Å². The number of hydrogen-bond donors (Lipinski definition) is 0.